The van der Waals surface area contributed by atoms with E-state index in [1.54, 1.807) is 38.5 Å². The van der Waals surface area contributed by atoms with E-state index in [1.807, 2.05) is 48.5 Å². The normalized spacial score (nSPS) is 11.0. The molecule has 0 bridgehead atoms. The molecule has 0 atom stereocenters. The number of hydrogen-bond acceptors (Lipinski definition) is 5. The molecule has 1 N–H and O–H groups in total. The molecule has 0 spiro atoms. The minimum atomic E-state index is -0.235. The van der Waals surface area contributed by atoms with E-state index in [0.29, 0.717) is 22.7 Å². The predicted octanol–water partition coefficient (Wildman–Crippen LogP) is 5.16. The van der Waals surface area contributed by atoms with Crippen LogP contribution in [-0.4, -0.2) is 25.1 Å². The molecule has 4 aromatic rings. The van der Waals surface area contributed by atoms with Crippen molar-refractivity contribution in [2.24, 2.45) is 0 Å². The number of oxazole rings is 1. The summed E-state index contributed by atoms with van der Waals surface area (Å²) < 4.78 is 16.2. The van der Waals surface area contributed by atoms with Gasteiger partial charge in [-0.25, -0.2) is 4.98 Å². The minimum absolute atomic E-state index is 0.235. The highest BCUT2D eigenvalue weighted by Gasteiger charge is 2.10. The van der Waals surface area contributed by atoms with Gasteiger partial charge in [0.1, 0.15) is 17.0 Å². The molecule has 0 saturated heterocycles. The third-order valence-electron chi connectivity index (χ3n) is 4.51. The van der Waals surface area contributed by atoms with Crippen LogP contribution in [0.15, 0.2) is 77.2 Å². The number of fused-ring (bicyclic) bond motifs is 1. The topological polar surface area (TPSA) is 73.6 Å². The summed E-state index contributed by atoms with van der Waals surface area (Å²) in [7, 11) is 3.23. The highest BCUT2D eigenvalue weighted by atomic mass is 16.5. The van der Waals surface area contributed by atoms with Gasteiger partial charge in [-0.2, -0.15) is 0 Å². The summed E-state index contributed by atoms with van der Waals surface area (Å²) in [5.41, 5.74) is 3.65. The molecule has 0 radical (unpaired) electrons. The second-order valence-corrected chi connectivity index (χ2v) is 6.53. The smallest absolute Gasteiger partial charge is 0.248 e. The van der Waals surface area contributed by atoms with Crippen molar-refractivity contribution in [1.82, 2.24) is 4.98 Å². The molecule has 0 fully saturated rings. The number of carbonyl (C=O) groups excluding carboxylic acids is 1. The Hall–Kier alpha value is -4.06. The van der Waals surface area contributed by atoms with E-state index in [-0.39, 0.29) is 5.91 Å². The summed E-state index contributed by atoms with van der Waals surface area (Å²) in [4.78, 5) is 16.8. The zero-order chi connectivity index (χ0) is 20.9. The zero-order valence-corrected chi connectivity index (χ0v) is 16.6. The standard InChI is InChI=1S/C24H20N2O4/c1-28-19-10-6-16(7-11-19)8-13-23(27)25-18-9-12-22-21(15-18)26-24(30-22)17-4-3-5-20(14-17)29-2/h3-15H,1-2H3,(H,25,27)/b13-8+. The van der Waals surface area contributed by atoms with Gasteiger partial charge < -0.3 is 19.2 Å². The fourth-order valence-corrected chi connectivity index (χ4v) is 2.96. The van der Waals surface area contributed by atoms with Crippen LogP contribution in [0.4, 0.5) is 5.69 Å². The molecule has 150 valence electrons. The number of hydrogen-bond donors (Lipinski definition) is 1. The number of methoxy groups -OCH3 is 2. The first-order chi connectivity index (χ1) is 14.6. The molecule has 0 unspecified atom stereocenters. The SMILES string of the molecule is COc1ccc(/C=C/C(=O)Nc2ccc3oc(-c4cccc(OC)c4)nc3c2)cc1. The fraction of sp³-hybridized carbons (Fsp3) is 0.0833. The van der Waals surface area contributed by atoms with Gasteiger partial charge in [0, 0.05) is 17.3 Å². The van der Waals surface area contributed by atoms with Crippen LogP contribution in [0.1, 0.15) is 5.56 Å². The Morgan fingerprint density at radius 2 is 1.77 bits per heavy atom. The maximum absolute atomic E-state index is 12.3. The quantitative estimate of drug-likeness (QED) is 0.452. The van der Waals surface area contributed by atoms with Crippen molar-refractivity contribution < 1.29 is 18.7 Å². The average molecular weight is 400 g/mol. The van der Waals surface area contributed by atoms with Gasteiger partial charge in [-0.3, -0.25) is 4.79 Å². The van der Waals surface area contributed by atoms with E-state index in [9.17, 15) is 4.79 Å². The van der Waals surface area contributed by atoms with Gasteiger partial charge in [0.15, 0.2) is 5.58 Å². The van der Waals surface area contributed by atoms with Gasteiger partial charge in [-0.15, -0.1) is 0 Å². The molecule has 0 saturated carbocycles. The lowest BCUT2D eigenvalue weighted by molar-refractivity contribution is -0.111. The molecule has 3 aromatic carbocycles. The number of aromatic nitrogens is 1. The summed E-state index contributed by atoms with van der Waals surface area (Å²) in [6.45, 7) is 0. The van der Waals surface area contributed by atoms with Gasteiger partial charge in [0.2, 0.25) is 11.8 Å². The van der Waals surface area contributed by atoms with Crippen LogP contribution >= 0.6 is 0 Å². The van der Waals surface area contributed by atoms with Gasteiger partial charge in [-0.1, -0.05) is 18.2 Å². The van der Waals surface area contributed by atoms with Crippen molar-refractivity contribution in [3.63, 3.8) is 0 Å². The van der Waals surface area contributed by atoms with E-state index in [1.165, 1.54) is 6.08 Å². The fourth-order valence-electron chi connectivity index (χ4n) is 2.96. The van der Waals surface area contributed by atoms with Crippen molar-refractivity contribution in [2.75, 3.05) is 19.5 Å². The summed E-state index contributed by atoms with van der Waals surface area (Å²) in [5.74, 6) is 1.76. The molecule has 0 aliphatic heterocycles. The first-order valence-electron chi connectivity index (χ1n) is 9.33. The van der Waals surface area contributed by atoms with Gasteiger partial charge in [-0.05, 0) is 60.2 Å². The number of nitrogens with zero attached hydrogens (tertiary/aromatic N) is 1. The van der Waals surface area contributed by atoms with Crippen LogP contribution in [0.5, 0.6) is 11.5 Å². The average Bonchev–Trinajstić information content (AvgIpc) is 3.21. The van der Waals surface area contributed by atoms with Crippen LogP contribution < -0.4 is 14.8 Å². The summed E-state index contributed by atoms with van der Waals surface area (Å²) >= 11 is 0. The maximum Gasteiger partial charge on any atom is 0.248 e. The third-order valence-corrected chi connectivity index (χ3v) is 4.51. The zero-order valence-electron chi connectivity index (χ0n) is 16.6. The number of amides is 1. The van der Waals surface area contributed by atoms with Gasteiger partial charge in [0.05, 0.1) is 14.2 Å². The number of carbonyl (C=O) groups is 1. The molecule has 1 amide bonds. The van der Waals surface area contributed by atoms with E-state index >= 15 is 0 Å². The van der Waals surface area contributed by atoms with Crippen molar-refractivity contribution >= 4 is 28.8 Å². The van der Waals surface area contributed by atoms with Crippen LogP contribution in [0.2, 0.25) is 0 Å². The van der Waals surface area contributed by atoms with E-state index < -0.39 is 0 Å². The lowest BCUT2D eigenvalue weighted by atomic mass is 10.2. The second-order valence-electron chi connectivity index (χ2n) is 6.53. The number of rotatable bonds is 6. The Balaban J connectivity index is 1.49. The van der Waals surface area contributed by atoms with Crippen LogP contribution in [-0.2, 0) is 4.79 Å². The molecule has 0 aliphatic carbocycles. The van der Waals surface area contributed by atoms with E-state index in [4.69, 9.17) is 13.9 Å². The maximum atomic E-state index is 12.3. The highest BCUT2D eigenvalue weighted by Crippen LogP contribution is 2.28. The molecule has 6 heteroatoms. The van der Waals surface area contributed by atoms with Crippen molar-refractivity contribution in [1.29, 1.82) is 0 Å². The minimum Gasteiger partial charge on any atom is -0.497 e. The Morgan fingerprint density at radius 3 is 2.53 bits per heavy atom. The molecule has 30 heavy (non-hydrogen) atoms. The van der Waals surface area contributed by atoms with Crippen molar-refractivity contribution in [3.8, 4) is 23.0 Å². The Morgan fingerprint density at radius 1 is 0.967 bits per heavy atom. The number of ether oxygens (including phenoxy) is 2. The second kappa shape index (κ2) is 8.53. The number of anilines is 1. The molecular formula is C24H20N2O4. The molecule has 1 aromatic heterocycles. The van der Waals surface area contributed by atoms with E-state index in [2.05, 4.69) is 10.3 Å². The van der Waals surface area contributed by atoms with Crippen molar-refractivity contribution in [2.45, 2.75) is 0 Å². The Kier molecular flexibility index (Phi) is 5.48. The molecule has 4 rings (SSSR count). The van der Waals surface area contributed by atoms with Crippen LogP contribution in [0.3, 0.4) is 0 Å². The predicted molar refractivity (Wildman–Crippen MR) is 117 cm³/mol. The van der Waals surface area contributed by atoms with Crippen LogP contribution in [0, 0.1) is 0 Å². The first kappa shape index (κ1) is 19.3. The van der Waals surface area contributed by atoms with E-state index in [0.717, 1.165) is 22.6 Å². The Labute approximate surface area is 173 Å². The molecule has 1 heterocycles. The van der Waals surface area contributed by atoms with Crippen molar-refractivity contribution in [3.05, 3.63) is 78.4 Å². The van der Waals surface area contributed by atoms with Gasteiger partial charge >= 0.3 is 0 Å². The highest BCUT2D eigenvalue weighted by molar-refractivity contribution is 6.02. The third kappa shape index (κ3) is 4.33. The largest absolute Gasteiger partial charge is 0.497 e. The number of nitrogens with one attached hydrogen (secondary N) is 1. The summed E-state index contributed by atoms with van der Waals surface area (Å²) in [5, 5.41) is 2.84. The van der Waals surface area contributed by atoms with Gasteiger partial charge in [0.25, 0.3) is 0 Å². The van der Waals surface area contributed by atoms with Crippen LogP contribution in [0.25, 0.3) is 28.6 Å². The molecule has 0 aliphatic rings. The molecular weight excluding hydrogens is 380 g/mol. The molecule has 6 nitrogen and oxygen atoms in total. The summed E-state index contributed by atoms with van der Waals surface area (Å²) in [6.07, 6.45) is 3.22. The number of benzene rings is 3. The summed E-state index contributed by atoms with van der Waals surface area (Å²) in [6, 6.07) is 20.3. The monoisotopic (exact) mass is 400 g/mol. The lowest BCUT2D eigenvalue weighted by Gasteiger charge is -2.02. The first-order valence-corrected chi connectivity index (χ1v) is 9.33. The lowest BCUT2D eigenvalue weighted by Crippen LogP contribution is -2.07. The Bertz CT molecular complexity index is 1210.